The number of halogens is 2. The van der Waals surface area contributed by atoms with E-state index >= 15 is 0 Å². The summed E-state index contributed by atoms with van der Waals surface area (Å²) in [5.41, 5.74) is 1.27. The highest BCUT2D eigenvalue weighted by Crippen LogP contribution is 2.39. The van der Waals surface area contributed by atoms with Crippen LogP contribution in [0, 0.1) is 0 Å². The Morgan fingerprint density at radius 1 is 1.43 bits per heavy atom. The largest absolute Gasteiger partial charge is 0.495 e. The number of fused-ring (bicyclic) bond motifs is 1. The Morgan fingerprint density at radius 2 is 2.21 bits per heavy atom. The number of rotatable bonds is 2. The minimum Gasteiger partial charge on any atom is -0.495 e. The molecule has 14 heavy (non-hydrogen) atoms. The zero-order valence-corrected chi connectivity index (χ0v) is 11.5. The van der Waals surface area contributed by atoms with Gasteiger partial charge >= 0.3 is 0 Å². The topological polar surface area (TPSA) is 9.23 Å². The molecule has 0 radical (unpaired) electrons. The van der Waals surface area contributed by atoms with Gasteiger partial charge in [0.2, 0.25) is 0 Å². The number of thiophene rings is 1. The van der Waals surface area contributed by atoms with E-state index < -0.39 is 0 Å². The van der Waals surface area contributed by atoms with Crippen LogP contribution in [-0.2, 0) is 5.33 Å². The molecule has 0 aliphatic heterocycles. The molecule has 2 aromatic rings. The summed E-state index contributed by atoms with van der Waals surface area (Å²) in [5, 5.41) is 4.11. The Bertz CT molecular complexity index is 464. The molecule has 0 saturated carbocycles. The minimum absolute atomic E-state index is 0.851. The Hall–Kier alpha value is -0.0600. The Kier molecular flexibility index (Phi) is 3.14. The van der Waals surface area contributed by atoms with Crippen molar-refractivity contribution in [1.29, 1.82) is 0 Å². The molecule has 1 heterocycles. The second-order valence-electron chi connectivity index (χ2n) is 2.85. The lowest BCUT2D eigenvalue weighted by atomic mass is 10.1. The van der Waals surface area contributed by atoms with Crippen molar-refractivity contribution in [2.75, 3.05) is 7.11 Å². The highest BCUT2D eigenvalue weighted by molar-refractivity contribution is 9.10. The van der Waals surface area contributed by atoms with Crippen LogP contribution in [0.3, 0.4) is 0 Å². The first-order valence-corrected chi connectivity index (χ1v) is 6.86. The van der Waals surface area contributed by atoms with Crippen LogP contribution in [0.2, 0.25) is 0 Å². The minimum atomic E-state index is 0.851. The Balaban J connectivity index is 2.82. The van der Waals surface area contributed by atoms with E-state index in [1.165, 1.54) is 15.6 Å². The van der Waals surface area contributed by atoms with Crippen LogP contribution in [0.15, 0.2) is 22.0 Å². The van der Waals surface area contributed by atoms with Gasteiger partial charge in [-0.3, -0.25) is 0 Å². The first-order chi connectivity index (χ1) is 6.77. The molecule has 0 aliphatic rings. The summed E-state index contributed by atoms with van der Waals surface area (Å²) in [6.07, 6.45) is 0. The van der Waals surface area contributed by atoms with Crippen LogP contribution in [0.4, 0.5) is 0 Å². The third-order valence-corrected chi connectivity index (χ3v) is 4.61. The maximum atomic E-state index is 5.33. The van der Waals surface area contributed by atoms with Crippen LogP contribution in [0.5, 0.6) is 5.75 Å². The number of ether oxygens (including phenoxy) is 1. The van der Waals surface area contributed by atoms with Gasteiger partial charge in [0.1, 0.15) is 5.75 Å². The first kappa shape index (κ1) is 10.5. The number of methoxy groups -OCH3 is 1. The molecule has 1 aromatic heterocycles. The zero-order valence-electron chi connectivity index (χ0n) is 7.51. The van der Waals surface area contributed by atoms with Crippen LogP contribution >= 0.6 is 43.2 Å². The van der Waals surface area contributed by atoms with E-state index in [0.29, 0.717) is 0 Å². The van der Waals surface area contributed by atoms with Gasteiger partial charge in [0, 0.05) is 20.6 Å². The molecular formula is C10H8Br2OS. The van der Waals surface area contributed by atoms with Crippen molar-refractivity contribution in [2.45, 2.75) is 5.33 Å². The molecule has 0 N–H and O–H groups in total. The van der Waals surface area contributed by atoms with E-state index in [-0.39, 0.29) is 0 Å². The normalized spacial score (nSPS) is 10.8. The van der Waals surface area contributed by atoms with Crippen molar-refractivity contribution in [3.8, 4) is 5.75 Å². The summed E-state index contributed by atoms with van der Waals surface area (Å²) in [5.74, 6) is 0.959. The van der Waals surface area contributed by atoms with Gasteiger partial charge in [-0.25, -0.2) is 0 Å². The summed E-state index contributed by atoms with van der Waals surface area (Å²) < 4.78 is 7.71. The quantitative estimate of drug-likeness (QED) is 0.730. The smallest absolute Gasteiger partial charge is 0.137 e. The average Bonchev–Trinajstić information content (AvgIpc) is 2.63. The van der Waals surface area contributed by atoms with Gasteiger partial charge in [0.05, 0.1) is 11.8 Å². The molecule has 1 aromatic carbocycles. The number of alkyl halides is 1. The fourth-order valence-electron chi connectivity index (χ4n) is 1.42. The molecule has 0 saturated heterocycles. The molecule has 4 heteroatoms. The van der Waals surface area contributed by atoms with Gasteiger partial charge < -0.3 is 4.74 Å². The summed E-state index contributed by atoms with van der Waals surface area (Å²) in [7, 11) is 1.71. The van der Waals surface area contributed by atoms with Crippen molar-refractivity contribution < 1.29 is 4.74 Å². The predicted molar refractivity (Wildman–Crippen MR) is 68.7 cm³/mol. The predicted octanol–water partition coefficient (Wildman–Crippen LogP) is 4.57. The highest BCUT2D eigenvalue weighted by atomic mass is 79.9. The fourth-order valence-corrected chi connectivity index (χ4v) is 3.46. The molecule has 0 fully saturated rings. The van der Waals surface area contributed by atoms with Crippen molar-refractivity contribution in [3.05, 3.63) is 27.5 Å². The van der Waals surface area contributed by atoms with Crippen LogP contribution in [0.25, 0.3) is 10.1 Å². The van der Waals surface area contributed by atoms with Gasteiger partial charge in [-0.2, -0.15) is 0 Å². The molecule has 74 valence electrons. The molecule has 2 rings (SSSR count). The molecular weight excluding hydrogens is 328 g/mol. The lowest BCUT2D eigenvalue weighted by Gasteiger charge is -2.03. The van der Waals surface area contributed by atoms with Gasteiger partial charge in [-0.1, -0.05) is 22.0 Å². The lowest BCUT2D eigenvalue weighted by Crippen LogP contribution is -1.84. The van der Waals surface area contributed by atoms with Crippen LogP contribution in [0.1, 0.15) is 5.56 Å². The fraction of sp³-hybridized carbons (Fsp3) is 0.200. The highest BCUT2D eigenvalue weighted by Gasteiger charge is 2.10. The maximum Gasteiger partial charge on any atom is 0.137 e. The molecule has 0 spiro atoms. The third kappa shape index (κ3) is 1.59. The summed E-state index contributed by atoms with van der Waals surface area (Å²) >= 11 is 8.73. The standard InChI is InChI=1S/C10H8Br2OS/c1-13-8-5-14-10-7(12)3-2-6(4-11)9(8)10/h2-3,5H,4H2,1H3. The molecule has 1 nitrogen and oxygen atoms in total. The van der Waals surface area contributed by atoms with E-state index in [0.717, 1.165) is 15.6 Å². The van der Waals surface area contributed by atoms with E-state index in [2.05, 4.69) is 44.0 Å². The Labute approximate surface area is 103 Å². The second kappa shape index (κ2) is 4.21. The molecule has 0 atom stereocenters. The van der Waals surface area contributed by atoms with Gasteiger partial charge in [-0.15, -0.1) is 11.3 Å². The maximum absolute atomic E-state index is 5.33. The van der Waals surface area contributed by atoms with E-state index in [9.17, 15) is 0 Å². The van der Waals surface area contributed by atoms with Crippen molar-refractivity contribution >= 4 is 53.3 Å². The summed E-state index contributed by atoms with van der Waals surface area (Å²) in [6.45, 7) is 0. The third-order valence-electron chi connectivity index (χ3n) is 2.09. The zero-order chi connectivity index (χ0) is 10.1. The van der Waals surface area contributed by atoms with E-state index in [1.54, 1.807) is 18.4 Å². The molecule has 0 amide bonds. The van der Waals surface area contributed by atoms with E-state index in [4.69, 9.17) is 4.74 Å². The van der Waals surface area contributed by atoms with Crippen molar-refractivity contribution in [3.63, 3.8) is 0 Å². The molecule has 0 bridgehead atoms. The monoisotopic (exact) mass is 334 g/mol. The molecule has 0 unspecified atom stereocenters. The van der Waals surface area contributed by atoms with Gasteiger partial charge in [-0.05, 0) is 27.6 Å². The first-order valence-electron chi connectivity index (χ1n) is 4.06. The summed E-state index contributed by atoms with van der Waals surface area (Å²) in [6, 6.07) is 4.19. The van der Waals surface area contributed by atoms with Crippen molar-refractivity contribution in [1.82, 2.24) is 0 Å². The van der Waals surface area contributed by atoms with E-state index in [1.807, 2.05) is 5.38 Å². The lowest BCUT2D eigenvalue weighted by molar-refractivity contribution is 0.421. The number of benzene rings is 1. The van der Waals surface area contributed by atoms with Gasteiger partial charge in [0.15, 0.2) is 0 Å². The van der Waals surface area contributed by atoms with Gasteiger partial charge in [0.25, 0.3) is 0 Å². The molecule has 0 aliphatic carbocycles. The number of hydrogen-bond acceptors (Lipinski definition) is 2. The number of hydrogen-bond donors (Lipinski definition) is 0. The van der Waals surface area contributed by atoms with Crippen molar-refractivity contribution in [2.24, 2.45) is 0 Å². The van der Waals surface area contributed by atoms with Crippen LogP contribution in [-0.4, -0.2) is 7.11 Å². The average molecular weight is 336 g/mol. The SMILES string of the molecule is COc1csc2c(Br)ccc(CBr)c12. The van der Waals surface area contributed by atoms with Crippen LogP contribution < -0.4 is 4.74 Å². The second-order valence-corrected chi connectivity index (χ2v) is 5.14. The Morgan fingerprint density at radius 3 is 2.86 bits per heavy atom. The summed E-state index contributed by atoms with van der Waals surface area (Å²) in [4.78, 5) is 0.